The topological polar surface area (TPSA) is 76.7 Å². The van der Waals surface area contributed by atoms with Crippen LogP contribution in [0.25, 0.3) is 0 Å². The number of carbonyl (C=O) groups excluding carboxylic acids is 2. The molecule has 1 aliphatic heterocycles. The van der Waals surface area contributed by atoms with E-state index in [1.165, 1.54) is 12.1 Å². The minimum absolute atomic E-state index is 0.00529. The summed E-state index contributed by atoms with van der Waals surface area (Å²) in [5.41, 5.74) is -0.0334. The predicted octanol–water partition coefficient (Wildman–Crippen LogP) is 1.74. The van der Waals surface area contributed by atoms with E-state index in [0.29, 0.717) is 18.6 Å². The summed E-state index contributed by atoms with van der Waals surface area (Å²) in [5, 5.41) is 5.45. The largest absolute Gasteiger partial charge is 0.490 e. The van der Waals surface area contributed by atoms with Gasteiger partial charge in [0.25, 0.3) is 5.91 Å². The summed E-state index contributed by atoms with van der Waals surface area (Å²) >= 11 is 0. The second kappa shape index (κ2) is 5.40. The van der Waals surface area contributed by atoms with Crippen molar-refractivity contribution in [3.8, 4) is 5.75 Å². The number of benzene rings is 1. The van der Waals surface area contributed by atoms with Gasteiger partial charge in [0.05, 0.1) is 17.7 Å². The van der Waals surface area contributed by atoms with Crippen molar-refractivity contribution in [3.63, 3.8) is 0 Å². The van der Waals surface area contributed by atoms with Crippen LogP contribution in [0.3, 0.4) is 0 Å². The Kier molecular flexibility index (Phi) is 3.36. The Labute approximate surface area is 132 Å². The normalized spacial score (nSPS) is 28.7. The van der Waals surface area contributed by atoms with Crippen LogP contribution >= 0.6 is 0 Å². The molecule has 0 unspecified atom stereocenters. The Morgan fingerprint density at radius 3 is 2.91 bits per heavy atom. The van der Waals surface area contributed by atoms with Crippen molar-refractivity contribution in [2.45, 2.75) is 50.0 Å². The summed E-state index contributed by atoms with van der Waals surface area (Å²) in [6.07, 6.45) is 2.59. The number of nitrogens with one attached hydrogen (secondary N) is 2. The summed E-state index contributed by atoms with van der Waals surface area (Å²) < 4.78 is 24.8. The van der Waals surface area contributed by atoms with Crippen molar-refractivity contribution >= 4 is 12.0 Å². The molecule has 2 saturated carbocycles. The van der Waals surface area contributed by atoms with Crippen molar-refractivity contribution < 1.29 is 23.5 Å². The molecule has 2 N–H and O–H groups in total. The van der Waals surface area contributed by atoms with Gasteiger partial charge >= 0.3 is 6.09 Å². The van der Waals surface area contributed by atoms with Gasteiger partial charge < -0.3 is 20.1 Å². The average molecular weight is 320 g/mol. The highest BCUT2D eigenvalue weighted by atomic mass is 19.1. The first-order valence-electron chi connectivity index (χ1n) is 7.83. The summed E-state index contributed by atoms with van der Waals surface area (Å²) in [6, 6.07) is 3.97. The second-order valence-corrected chi connectivity index (χ2v) is 6.30. The Morgan fingerprint density at radius 2 is 2.17 bits per heavy atom. The number of carbonyl (C=O) groups is 2. The Hall–Kier alpha value is -2.31. The lowest BCUT2D eigenvalue weighted by atomic mass is 10.1. The monoisotopic (exact) mass is 320 g/mol. The Bertz CT molecular complexity index is 661. The third-order valence-corrected chi connectivity index (χ3v) is 4.41. The molecule has 7 heteroatoms. The zero-order chi connectivity index (χ0) is 16.0. The molecule has 4 rings (SSSR count). The fourth-order valence-electron chi connectivity index (χ4n) is 3.12. The van der Waals surface area contributed by atoms with Crippen LogP contribution in [0.2, 0.25) is 0 Å². The van der Waals surface area contributed by atoms with Gasteiger partial charge in [-0.15, -0.1) is 0 Å². The number of halogens is 1. The molecular weight excluding hydrogens is 303 g/mol. The maximum Gasteiger partial charge on any atom is 0.407 e. The van der Waals surface area contributed by atoms with Crippen molar-refractivity contribution in [2.24, 2.45) is 0 Å². The van der Waals surface area contributed by atoms with E-state index >= 15 is 0 Å². The van der Waals surface area contributed by atoms with Gasteiger partial charge in [0, 0.05) is 18.5 Å². The van der Waals surface area contributed by atoms with E-state index in [0.717, 1.165) is 12.8 Å². The maximum absolute atomic E-state index is 14.1. The lowest BCUT2D eigenvalue weighted by Crippen LogP contribution is -2.44. The van der Waals surface area contributed by atoms with E-state index in [1.54, 1.807) is 6.07 Å². The standard InChI is InChI=1S/C16H17FN2O4/c17-12-7-10(22-9-1-2-9)3-4-11(12)15(20)19-13-5-8-6-14(13)23-16(21)18-8/h3-4,7-9,13-14H,1-2,5-6H2,(H,18,21)(H,19,20)/t8-,13-,14-/m1/s1. The van der Waals surface area contributed by atoms with E-state index < -0.39 is 17.8 Å². The van der Waals surface area contributed by atoms with Crippen molar-refractivity contribution in [1.29, 1.82) is 0 Å². The molecular formula is C16H17FN2O4. The average Bonchev–Trinajstić information content (AvgIpc) is 3.25. The molecule has 122 valence electrons. The molecule has 0 radical (unpaired) electrons. The number of hydrogen-bond donors (Lipinski definition) is 2. The zero-order valence-corrected chi connectivity index (χ0v) is 12.4. The zero-order valence-electron chi connectivity index (χ0n) is 12.4. The van der Waals surface area contributed by atoms with Crippen LogP contribution in [0.15, 0.2) is 18.2 Å². The number of hydrogen-bond acceptors (Lipinski definition) is 4. The molecule has 0 aromatic heterocycles. The van der Waals surface area contributed by atoms with E-state index in [1.807, 2.05) is 0 Å². The van der Waals surface area contributed by atoms with Crippen LogP contribution in [0.5, 0.6) is 5.75 Å². The molecule has 1 heterocycles. The number of alkyl carbamates (subject to hydrolysis) is 1. The SMILES string of the molecule is O=C1N[C@@H]2C[C@@H](NC(=O)c3ccc(OC4CC4)cc3F)[C@@H](C2)O1. The van der Waals surface area contributed by atoms with Crippen LogP contribution < -0.4 is 15.4 Å². The Balaban J connectivity index is 1.43. The lowest BCUT2D eigenvalue weighted by Gasteiger charge is -2.23. The number of rotatable bonds is 4. The number of fused-ring (bicyclic) bond motifs is 2. The fourth-order valence-corrected chi connectivity index (χ4v) is 3.12. The smallest absolute Gasteiger partial charge is 0.407 e. The molecule has 3 aliphatic rings. The first-order valence-corrected chi connectivity index (χ1v) is 7.83. The first-order chi connectivity index (χ1) is 11.1. The lowest BCUT2D eigenvalue weighted by molar-refractivity contribution is 0.0658. The van der Waals surface area contributed by atoms with Gasteiger partial charge in [-0.25, -0.2) is 9.18 Å². The summed E-state index contributed by atoms with van der Waals surface area (Å²) in [6.45, 7) is 0. The van der Waals surface area contributed by atoms with Gasteiger partial charge in [-0.3, -0.25) is 4.79 Å². The minimum Gasteiger partial charge on any atom is -0.490 e. The minimum atomic E-state index is -0.614. The quantitative estimate of drug-likeness (QED) is 0.886. The second-order valence-electron chi connectivity index (χ2n) is 6.30. The van der Waals surface area contributed by atoms with Gasteiger partial charge in [-0.1, -0.05) is 0 Å². The predicted molar refractivity (Wildman–Crippen MR) is 77.7 cm³/mol. The van der Waals surface area contributed by atoms with Crippen LogP contribution in [-0.4, -0.2) is 36.3 Å². The Morgan fingerprint density at radius 1 is 1.35 bits per heavy atom. The van der Waals surface area contributed by atoms with Crippen molar-refractivity contribution in [2.75, 3.05) is 0 Å². The molecule has 1 saturated heterocycles. The van der Waals surface area contributed by atoms with Gasteiger partial charge in [0.15, 0.2) is 0 Å². The van der Waals surface area contributed by atoms with E-state index in [4.69, 9.17) is 9.47 Å². The molecule has 2 amide bonds. The third-order valence-electron chi connectivity index (χ3n) is 4.41. The molecule has 1 aromatic rings. The van der Waals surface area contributed by atoms with E-state index in [9.17, 15) is 14.0 Å². The van der Waals surface area contributed by atoms with Crippen molar-refractivity contribution in [1.82, 2.24) is 10.6 Å². The van der Waals surface area contributed by atoms with Crippen LogP contribution in [0.1, 0.15) is 36.0 Å². The molecule has 2 bridgehead atoms. The van der Waals surface area contributed by atoms with Crippen LogP contribution in [0.4, 0.5) is 9.18 Å². The molecule has 6 nitrogen and oxygen atoms in total. The molecule has 3 fully saturated rings. The van der Waals surface area contributed by atoms with Gasteiger partial charge in [-0.2, -0.15) is 0 Å². The highest BCUT2D eigenvalue weighted by molar-refractivity contribution is 5.95. The molecule has 23 heavy (non-hydrogen) atoms. The van der Waals surface area contributed by atoms with E-state index in [2.05, 4.69) is 10.6 Å². The van der Waals surface area contributed by atoms with Gasteiger partial charge in [0.1, 0.15) is 17.7 Å². The summed E-state index contributed by atoms with van der Waals surface area (Å²) in [5.74, 6) is -0.679. The molecule has 0 spiro atoms. The highest BCUT2D eigenvalue weighted by Gasteiger charge is 2.42. The van der Waals surface area contributed by atoms with Crippen LogP contribution in [-0.2, 0) is 4.74 Å². The highest BCUT2D eigenvalue weighted by Crippen LogP contribution is 2.29. The fraction of sp³-hybridized carbons (Fsp3) is 0.500. The number of amides is 2. The maximum atomic E-state index is 14.1. The summed E-state index contributed by atoms with van der Waals surface area (Å²) in [4.78, 5) is 23.6. The molecule has 2 aliphatic carbocycles. The van der Waals surface area contributed by atoms with Crippen molar-refractivity contribution in [3.05, 3.63) is 29.6 Å². The number of ether oxygens (including phenoxy) is 2. The van der Waals surface area contributed by atoms with E-state index in [-0.39, 0.29) is 29.9 Å². The van der Waals surface area contributed by atoms with Gasteiger partial charge in [0.2, 0.25) is 0 Å². The summed E-state index contributed by atoms with van der Waals surface area (Å²) in [7, 11) is 0. The first kappa shape index (κ1) is 14.3. The third kappa shape index (κ3) is 2.95. The van der Waals surface area contributed by atoms with Gasteiger partial charge in [-0.05, 0) is 31.4 Å². The molecule has 3 atom stereocenters. The van der Waals surface area contributed by atoms with Crippen LogP contribution in [0, 0.1) is 5.82 Å². The molecule has 1 aromatic carbocycles.